The molecule has 1 amide bonds. The van der Waals surface area contributed by atoms with Crippen LogP contribution in [0.1, 0.15) is 44.5 Å². The average molecular weight is 438 g/mol. The number of halogens is 2. The van der Waals surface area contributed by atoms with Crippen LogP contribution < -0.4 is 4.90 Å². The molecule has 0 spiro atoms. The first-order valence-electron chi connectivity index (χ1n) is 10.4. The van der Waals surface area contributed by atoms with E-state index in [1.165, 1.54) is 24.6 Å². The maximum absolute atomic E-state index is 13.7. The van der Waals surface area contributed by atoms with Crippen molar-refractivity contribution in [2.24, 2.45) is 0 Å². The van der Waals surface area contributed by atoms with Gasteiger partial charge in [-0.1, -0.05) is 0 Å². The van der Waals surface area contributed by atoms with E-state index in [1.807, 2.05) is 4.90 Å². The predicted octanol–water partition coefficient (Wildman–Crippen LogP) is 3.22. The topological polar surface area (TPSA) is 79.5 Å². The molecule has 164 valence electrons. The lowest BCUT2D eigenvalue weighted by atomic mass is 9.82. The molecule has 0 N–H and O–H groups in total. The van der Waals surface area contributed by atoms with Crippen molar-refractivity contribution in [3.63, 3.8) is 0 Å². The molecule has 9 heteroatoms. The Morgan fingerprint density at radius 3 is 2.50 bits per heavy atom. The Balaban J connectivity index is 1.32. The van der Waals surface area contributed by atoms with Gasteiger partial charge in [0, 0.05) is 44.9 Å². The highest BCUT2D eigenvalue weighted by Gasteiger charge is 2.30. The van der Waals surface area contributed by atoms with Crippen LogP contribution in [0, 0.1) is 11.6 Å². The molecule has 0 saturated carbocycles. The molecule has 0 unspecified atom stereocenters. The van der Waals surface area contributed by atoms with Gasteiger partial charge in [0.25, 0.3) is 5.91 Å². The molecule has 5 rings (SSSR count). The van der Waals surface area contributed by atoms with E-state index in [-0.39, 0.29) is 24.0 Å². The third-order valence-corrected chi connectivity index (χ3v) is 5.96. The van der Waals surface area contributed by atoms with E-state index in [4.69, 9.17) is 4.42 Å². The zero-order valence-corrected chi connectivity index (χ0v) is 17.1. The van der Waals surface area contributed by atoms with Gasteiger partial charge in [-0.2, -0.15) is 0 Å². The van der Waals surface area contributed by atoms with Crippen molar-refractivity contribution in [3.05, 3.63) is 77.0 Å². The van der Waals surface area contributed by atoms with Crippen LogP contribution in [0.4, 0.5) is 14.7 Å². The van der Waals surface area contributed by atoms with Crippen LogP contribution in [-0.2, 0) is 6.42 Å². The van der Waals surface area contributed by atoms with Crippen LogP contribution in [0.25, 0.3) is 0 Å². The third-order valence-electron chi connectivity index (χ3n) is 5.96. The van der Waals surface area contributed by atoms with E-state index in [0.717, 1.165) is 6.07 Å². The second-order valence-electron chi connectivity index (χ2n) is 8.02. The number of rotatable bonds is 3. The van der Waals surface area contributed by atoms with Gasteiger partial charge in [0.2, 0.25) is 5.95 Å². The maximum Gasteiger partial charge on any atom is 0.289 e. The van der Waals surface area contributed by atoms with Gasteiger partial charge < -0.3 is 14.2 Å². The molecule has 3 heterocycles. The summed E-state index contributed by atoms with van der Waals surface area (Å²) in [6.45, 7) is 2.06. The van der Waals surface area contributed by atoms with Gasteiger partial charge in [0.05, 0.1) is 17.5 Å². The van der Waals surface area contributed by atoms with Crippen molar-refractivity contribution in [3.8, 4) is 0 Å². The van der Waals surface area contributed by atoms with Crippen LogP contribution in [0.3, 0.4) is 0 Å². The zero-order valence-electron chi connectivity index (χ0n) is 17.1. The quantitative estimate of drug-likeness (QED) is 0.625. The maximum atomic E-state index is 13.7. The molecule has 0 bridgehead atoms. The molecule has 3 aromatic rings. The first-order chi connectivity index (χ1) is 15.5. The molecular formula is C23H20F2N4O3. The highest BCUT2D eigenvalue weighted by Crippen LogP contribution is 2.33. The molecule has 7 nitrogen and oxygen atoms in total. The molecule has 0 radical (unpaired) electrons. The normalized spacial score (nSPS) is 18.6. The number of anilines is 1. The van der Waals surface area contributed by atoms with Crippen molar-refractivity contribution in [1.82, 2.24) is 14.9 Å². The molecule has 1 aromatic carbocycles. The molecular weight excluding hydrogens is 418 g/mol. The van der Waals surface area contributed by atoms with Crippen LogP contribution in [-0.4, -0.2) is 52.7 Å². The number of aromatic nitrogens is 2. The summed E-state index contributed by atoms with van der Waals surface area (Å²) in [5.74, 6) is -1.18. The average Bonchev–Trinajstić information content (AvgIpc) is 3.33. The van der Waals surface area contributed by atoms with E-state index in [1.54, 1.807) is 17.0 Å². The lowest BCUT2D eigenvalue weighted by Crippen LogP contribution is -2.49. The van der Waals surface area contributed by atoms with Gasteiger partial charge in [-0.05, 0) is 42.2 Å². The van der Waals surface area contributed by atoms with Crippen molar-refractivity contribution < 1.29 is 22.8 Å². The van der Waals surface area contributed by atoms with Gasteiger partial charge in [-0.15, -0.1) is 0 Å². The van der Waals surface area contributed by atoms with E-state index in [9.17, 15) is 18.4 Å². The van der Waals surface area contributed by atoms with Gasteiger partial charge in [-0.25, -0.2) is 18.7 Å². The minimum Gasteiger partial charge on any atom is -0.459 e. The summed E-state index contributed by atoms with van der Waals surface area (Å²) >= 11 is 0. The fourth-order valence-corrected chi connectivity index (χ4v) is 4.30. The molecule has 1 aliphatic heterocycles. The van der Waals surface area contributed by atoms with Crippen molar-refractivity contribution in [1.29, 1.82) is 0 Å². The Bertz CT molecular complexity index is 1150. The van der Waals surface area contributed by atoms with Crippen molar-refractivity contribution >= 4 is 17.6 Å². The van der Waals surface area contributed by atoms with E-state index in [2.05, 4.69) is 9.97 Å². The standard InChI is InChI=1S/C23H20F2N4O3/c24-16-8-14(9-17(25)12-16)15-10-19-18(20(30)11-15)13-26-23(27-19)29-5-3-28(4-6-29)22(31)21-2-1-7-32-21/h1-2,7-9,12-13,15H,3-6,10-11H2/t15-/m0/s1. The number of hydrogen-bond acceptors (Lipinski definition) is 6. The number of furan rings is 1. The van der Waals surface area contributed by atoms with E-state index >= 15 is 0 Å². The Morgan fingerprint density at radius 2 is 1.81 bits per heavy atom. The number of carbonyl (C=O) groups is 2. The van der Waals surface area contributed by atoms with Crippen LogP contribution in [0.5, 0.6) is 0 Å². The first-order valence-corrected chi connectivity index (χ1v) is 10.4. The first kappa shape index (κ1) is 20.3. The number of hydrogen-bond donors (Lipinski definition) is 0. The fraction of sp³-hybridized carbons (Fsp3) is 0.304. The Kier molecular flexibility index (Phi) is 5.16. The lowest BCUT2D eigenvalue weighted by molar-refractivity contribution is 0.0714. The van der Waals surface area contributed by atoms with Crippen LogP contribution >= 0.6 is 0 Å². The Hall–Kier alpha value is -3.62. The number of Topliss-reactive ketones (excluding diaryl/α,β-unsaturated/α-hetero) is 1. The summed E-state index contributed by atoms with van der Waals surface area (Å²) in [7, 11) is 0. The molecule has 2 aromatic heterocycles. The number of carbonyl (C=O) groups excluding carboxylic acids is 2. The number of nitrogens with zero attached hydrogens (tertiary/aromatic N) is 4. The van der Waals surface area contributed by atoms with E-state index < -0.39 is 11.6 Å². The highest BCUT2D eigenvalue weighted by atomic mass is 19.1. The summed E-state index contributed by atoms with van der Waals surface area (Å²) in [5.41, 5.74) is 1.48. The summed E-state index contributed by atoms with van der Waals surface area (Å²) < 4.78 is 32.5. The molecule has 1 atom stereocenters. The number of fused-ring (bicyclic) bond motifs is 1. The summed E-state index contributed by atoms with van der Waals surface area (Å²) in [4.78, 5) is 37.7. The molecule has 32 heavy (non-hydrogen) atoms. The second-order valence-corrected chi connectivity index (χ2v) is 8.02. The lowest BCUT2D eigenvalue weighted by Gasteiger charge is -2.34. The minimum atomic E-state index is -0.663. The fourth-order valence-electron chi connectivity index (χ4n) is 4.30. The van der Waals surface area contributed by atoms with Gasteiger partial charge in [0.1, 0.15) is 11.6 Å². The number of ketones is 1. The zero-order chi connectivity index (χ0) is 22.2. The molecule has 1 saturated heterocycles. The van der Waals surface area contributed by atoms with Gasteiger partial charge in [-0.3, -0.25) is 9.59 Å². The smallest absolute Gasteiger partial charge is 0.289 e. The van der Waals surface area contributed by atoms with Crippen molar-refractivity contribution in [2.75, 3.05) is 31.1 Å². The Morgan fingerprint density at radius 1 is 1.06 bits per heavy atom. The van der Waals surface area contributed by atoms with Gasteiger partial charge >= 0.3 is 0 Å². The largest absolute Gasteiger partial charge is 0.459 e. The molecule has 2 aliphatic rings. The van der Waals surface area contributed by atoms with Crippen LogP contribution in [0.15, 0.2) is 47.2 Å². The van der Waals surface area contributed by atoms with E-state index in [0.29, 0.717) is 61.1 Å². The number of piperazine rings is 1. The third kappa shape index (κ3) is 3.86. The summed E-state index contributed by atoms with van der Waals surface area (Å²) in [6.07, 6.45) is 3.56. The summed E-state index contributed by atoms with van der Waals surface area (Å²) in [5, 5.41) is 0. The van der Waals surface area contributed by atoms with Crippen LogP contribution in [0.2, 0.25) is 0 Å². The number of amides is 1. The van der Waals surface area contributed by atoms with Gasteiger partial charge in [0.15, 0.2) is 11.5 Å². The SMILES string of the molecule is O=C1C[C@@H](c2cc(F)cc(F)c2)Cc2nc(N3CCN(C(=O)c4ccco4)CC3)ncc21. The minimum absolute atomic E-state index is 0.138. The molecule has 1 fully saturated rings. The monoisotopic (exact) mass is 438 g/mol. The second kappa shape index (κ2) is 8.14. The molecule has 1 aliphatic carbocycles. The number of benzene rings is 1. The Labute approximate surface area is 182 Å². The van der Waals surface area contributed by atoms with Crippen molar-refractivity contribution in [2.45, 2.75) is 18.8 Å². The predicted molar refractivity (Wildman–Crippen MR) is 111 cm³/mol. The highest BCUT2D eigenvalue weighted by molar-refractivity contribution is 5.98. The summed E-state index contributed by atoms with van der Waals surface area (Å²) in [6, 6.07) is 6.67.